The van der Waals surface area contributed by atoms with Crippen LogP contribution in [0.25, 0.3) is 10.2 Å². The number of aromatic nitrogens is 3. The third-order valence-electron chi connectivity index (χ3n) is 2.91. The Bertz CT molecular complexity index is 720. The summed E-state index contributed by atoms with van der Waals surface area (Å²) >= 11 is 1.67. The first kappa shape index (κ1) is 12.0. The van der Waals surface area contributed by atoms with Crippen molar-refractivity contribution in [1.82, 2.24) is 15.0 Å². The lowest BCUT2D eigenvalue weighted by atomic mass is 10.3. The average Bonchev–Trinajstić information content (AvgIpc) is 2.79. The van der Waals surface area contributed by atoms with Crippen molar-refractivity contribution in [2.24, 2.45) is 0 Å². The van der Waals surface area contributed by atoms with Crippen molar-refractivity contribution in [3.63, 3.8) is 0 Å². The summed E-state index contributed by atoms with van der Waals surface area (Å²) in [6.45, 7) is 4.73. The second-order valence-electron chi connectivity index (χ2n) is 4.44. The van der Waals surface area contributed by atoms with Gasteiger partial charge in [0.2, 0.25) is 0 Å². The maximum atomic E-state index is 4.47. The van der Waals surface area contributed by atoms with Crippen molar-refractivity contribution in [1.29, 1.82) is 0 Å². The third-order valence-corrected chi connectivity index (χ3v) is 4.01. The molecule has 19 heavy (non-hydrogen) atoms. The molecule has 0 aliphatic heterocycles. The standard InChI is InChI=1S/C14H14N4S/c1-9-7-19-13-12(9)16-8-17-14(13)15-6-11-5-3-4-10(2)18-11/h3-5,7-8H,6H2,1-2H3,(H,15,16,17). The summed E-state index contributed by atoms with van der Waals surface area (Å²) < 4.78 is 1.10. The molecule has 0 aromatic carbocycles. The van der Waals surface area contributed by atoms with Crippen LogP contribution < -0.4 is 5.32 Å². The predicted molar refractivity (Wildman–Crippen MR) is 78.5 cm³/mol. The van der Waals surface area contributed by atoms with Gasteiger partial charge in [-0.25, -0.2) is 9.97 Å². The first-order chi connectivity index (χ1) is 9.24. The van der Waals surface area contributed by atoms with Crippen molar-refractivity contribution in [2.75, 3.05) is 5.32 Å². The monoisotopic (exact) mass is 270 g/mol. The van der Waals surface area contributed by atoms with Gasteiger partial charge in [-0.15, -0.1) is 11.3 Å². The second-order valence-corrected chi connectivity index (χ2v) is 5.32. The lowest BCUT2D eigenvalue weighted by Crippen LogP contribution is -2.04. The Morgan fingerprint density at radius 3 is 2.95 bits per heavy atom. The molecule has 3 aromatic rings. The van der Waals surface area contributed by atoms with E-state index in [0.29, 0.717) is 6.54 Å². The van der Waals surface area contributed by atoms with Crippen molar-refractivity contribution in [3.8, 4) is 0 Å². The van der Waals surface area contributed by atoms with Gasteiger partial charge in [0.1, 0.15) is 12.1 Å². The van der Waals surface area contributed by atoms with Crippen molar-refractivity contribution in [3.05, 3.63) is 46.9 Å². The van der Waals surface area contributed by atoms with E-state index in [2.05, 4.69) is 32.6 Å². The quantitative estimate of drug-likeness (QED) is 0.793. The van der Waals surface area contributed by atoms with Crippen molar-refractivity contribution < 1.29 is 0 Å². The highest BCUT2D eigenvalue weighted by atomic mass is 32.1. The third kappa shape index (κ3) is 2.42. The van der Waals surface area contributed by atoms with Gasteiger partial charge in [-0.3, -0.25) is 4.98 Å². The Balaban J connectivity index is 1.86. The zero-order valence-electron chi connectivity index (χ0n) is 10.8. The van der Waals surface area contributed by atoms with Crippen LogP contribution in [0.5, 0.6) is 0 Å². The topological polar surface area (TPSA) is 50.7 Å². The van der Waals surface area contributed by atoms with Gasteiger partial charge < -0.3 is 5.32 Å². The molecule has 0 radical (unpaired) electrons. The van der Waals surface area contributed by atoms with E-state index in [4.69, 9.17) is 0 Å². The van der Waals surface area contributed by atoms with E-state index >= 15 is 0 Å². The number of aryl methyl sites for hydroxylation is 2. The Kier molecular flexibility index (Phi) is 3.13. The molecule has 3 rings (SSSR count). The molecule has 0 atom stereocenters. The van der Waals surface area contributed by atoms with Gasteiger partial charge >= 0.3 is 0 Å². The normalized spacial score (nSPS) is 10.8. The summed E-state index contributed by atoms with van der Waals surface area (Å²) in [7, 11) is 0. The summed E-state index contributed by atoms with van der Waals surface area (Å²) in [5.41, 5.74) is 4.26. The fraction of sp³-hybridized carbons (Fsp3) is 0.214. The Labute approximate surface area is 115 Å². The molecule has 0 aliphatic rings. The van der Waals surface area contributed by atoms with Gasteiger partial charge in [-0.05, 0) is 36.9 Å². The Hall–Kier alpha value is -2.01. The zero-order valence-corrected chi connectivity index (χ0v) is 11.7. The fourth-order valence-electron chi connectivity index (χ4n) is 1.97. The molecule has 3 heterocycles. The first-order valence-electron chi connectivity index (χ1n) is 6.09. The molecule has 1 N–H and O–H groups in total. The lowest BCUT2D eigenvalue weighted by Gasteiger charge is -2.06. The van der Waals surface area contributed by atoms with Crippen LogP contribution in [0.1, 0.15) is 17.0 Å². The molecule has 0 saturated heterocycles. The number of hydrogen-bond donors (Lipinski definition) is 1. The molecule has 0 amide bonds. The van der Waals surface area contributed by atoms with Crippen LogP contribution >= 0.6 is 11.3 Å². The minimum Gasteiger partial charge on any atom is -0.363 e. The molecule has 3 aromatic heterocycles. The molecule has 4 nitrogen and oxygen atoms in total. The van der Waals surface area contributed by atoms with Crippen LogP contribution in [0.3, 0.4) is 0 Å². The average molecular weight is 270 g/mol. The summed E-state index contributed by atoms with van der Waals surface area (Å²) in [6.07, 6.45) is 1.61. The van der Waals surface area contributed by atoms with Crippen LogP contribution in [-0.2, 0) is 6.54 Å². The second kappa shape index (κ2) is 4.93. The largest absolute Gasteiger partial charge is 0.363 e. The molecule has 0 aliphatic carbocycles. The molecule has 0 saturated carbocycles. The number of hydrogen-bond acceptors (Lipinski definition) is 5. The van der Waals surface area contributed by atoms with Crippen LogP contribution in [0, 0.1) is 13.8 Å². The summed E-state index contributed by atoms with van der Waals surface area (Å²) in [5.74, 6) is 0.881. The number of rotatable bonds is 3. The van der Waals surface area contributed by atoms with Gasteiger partial charge in [-0.1, -0.05) is 6.07 Å². The molecular formula is C14H14N4S. The van der Waals surface area contributed by atoms with E-state index in [9.17, 15) is 0 Å². The molecule has 0 spiro atoms. The highest BCUT2D eigenvalue weighted by molar-refractivity contribution is 7.18. The smallest absolute Gasteiger partial charge is 0.147 e. The van der Waals surface area contributed by atoms with E-state index in [0.717, 1.165) is 27.4 Å². The van der Waals surface area contributed by atoms with E-state index in [1.165, 1.54) is 5.56 Å². The number of nitrogens with zero attached hydrogens (tertiary/aromatic N) is 3. The van der Waals surface area contributed by atoms with E-state index in [1.807, 2.05) is 25.1 Å². The highest BCUT2D eigenvalue weighted by Gasteiger charge is 2.07. The van der Waals surface area contributed by atoms with Crippen LogP contribution in [0.2, 0.25) is 0 Å². The van der Waals surface area contributed by atoms with Gasteiger partial charge in [0.25, 0.3) is 0 Å². The fourth-order valence-corrected chi connectivity index (χ4v) is 2.94. The number of anilines is 1. The van der Waals surface area contributed by atoms with Crippen LogP contribution in [-0.4, -0.2) is 15.0 Å². The lowest BCUT2D eigenvalue weighted by molar-refractivity contribution is 1.00. The summed E-state index contributed by atoms with van der Waals surface area (Å²) in [5, 5.41) is 5.45. The number of pyridine rings is 1. The molecule has 0 unspecified atom stereocenters. The SMILES string of the molecule is Cc1cccc(CNc2ncnc3c(C)csc23)n1. The molecule has 96 valence electrons. The van der Waals surface area contributed by atoms with E-state index in [-0.39, 0.29) is 0 Å². The maximum absolute atomic E-state index is 4.47. The van der Waals surface area contributed by atoms with Crippen LogP contribution in [0.15, 0.2) is 29.9 Å². The minimum absolute atomic E-state index is 0.671. The zero-order chi connectivity index (χ0) is 13.2. The first-order valence-corrected chi connectivity index (χ1v) is 6.97. The van der Waals surface area contributed by atoms with Crippen LogP contribution in [0.4, 0.5) is 5.82 Å². The van der Waals surface area contributed by atoms with E-state index < -0.39 is 0 Å². The number of fused-ring (bicyclic) bond motifs is 1. The van der Waals surface area contributed by atoms with Gasteiger partial charge in [0, 0.05) is 5.69 Å². The molecular weight excluding hydrogens is 256 g/mol. The predicted octanol–water partition coefficient (Wildman–Crippen LogP) is 3.32. The van der Waals surface area contributed by atoms with Crippen molar-refractivity contribution in [2.45, 2.75) is 20.4 Å². The van der Waals surface area contributed by atoms with Gasteiger partial charge in [0.15, 0.2) is 0 Å². The number of nitrogens with one attached hydrogen (secondary N) is 1. The Morgan fingerprint density at radius 1 is 1.21 bits per heavy atom. The van der Waals surface area contributed by atoms with Gasteiger partial charge in [0.05, 0.1) is 22.5 Å². The molecule has 0 bridgehead atoms. The molecule has 5 heteroatoms. The minimum atomic E-state index is 0.671. The highest BCUT2D eigenvalue weighted by Crippen LogP contribution is 2.28. The molecule has 0 fully saturated rings. The summed E-state index contributed by atoms with van der Waals surface area (Å²) in [4.78, 5) is 13.1. The number of thiophene rings is 1. The summed E-state index contributed by atoms with van der Waals surface area (Å²) in [6, 6.07) is 6.03. The van der Waals surface area contributed by atoms with E-state index in [1.54, 1.807) is 17.7 Å². The Morgan fingerprint density at radius 2 is 2.11 bits per heavy atom. The van der Waals surface area contributed by atoms with Crippen molar-refractivity contribution >= 4 is 27.4 Å². The maximum Gasteiger partial charge on any atom is 0.147 e. The van der Waals surface area contributed by atoms with Gasteiger partial charge in [-0.2, -0.15) is 0 Å².